The van der Waals surface area contributed by atoms with Gasteiger partial charge < -0.3 is 15.5 Å². The maximum Gasteiger partial charge on any atom is 0.308 e. The minimum atomic E-state index is -0.825. The number of aliphatic hydroxyl groups is 1. The van der Waals surface area contributed by atoms with E-state index in [0.29, 0.717) is 6.54 Å². The summed E-state index contributed by atoms with van der Waals surface area (Å²) in [6, 6.07) is 3.77. The molecule has 0 unspecified atom stereocenters. The van der Waals surface area contributed by atoms with Crippen molar-refractivity contribution in [2.24, 2.45) is 0 Å². The van der Waals surface area contributed by atoms with Gasteiger partial charge in [0.2, 0.25) is 0 Å². The highest BCUT2D eigenvalue weighted by Crippen LogP contribution is 2.23. The van der Waals surface area contributed by atoms with Gasteiger partial charge in [0, 0.05) is 21.8 Å². The quantitative estimate of drug-likeness (QED) is 0.740. The molecule has 0 fully saturated rings. The third-order valence-corrected chi connectivity index (χ3v) is 4.36. The molecule has 0 saturated heterocycles. The number of hydrogen-bond acceptors (Lipinski definition) is 4. The van der Waals surface area contributed by atoms with Crippen molar-refractivity contribution in [2.75, 3.05) is 0 Å². The number of carboxylic acid groups (broad SMARTS) is 1. The molecule has 0 spiro atoms. The van der Waals surface area contributed by atoms with Gasteiger partial charge in [0.25, 0.3) is 0 Å². The van der Waals surface area contributed by atoms with Gasteiger partial charge in [0.1, 0.15) is 0 Å². The normalized spacial score (nSPS) is 12.7. The number of carboxylic acids is 1. The van der Waals surface area contributed by atoms with Crippen LogP contribution in [0.4, 0.5) is 0 Å². The maximum atomic E-state index is 10.6. The van der Waals surface area contributed by atoms with Gasteiger partial charge in [0.15, 0.2) is 0 Å². The van der Waals surface area contributed by atoms with Crippen molar-refractivity contribution in [3.8, 4) is 0 Å². The number of hydrogen-bond donors (Lipinski definition) is 3. The van der Waals surface area contributed by atoms with Crippen LogP contribution >= 0.6 is 11.3 Å². The molecule has 0 aliphatic heterocycles. The molecule has 0 aliphatic rings. The van der Waals surface area contributed by atoms with Crippen LogP contribution in [-0.2, 0) is 17.8 Å². The van der Waals surface area contributed by atoms with Crippen LogP contribution in [0.15, 0.2) is 12.1 Å². The molecule has 0 amide bonds. The second-order valence-electron chi connectivity index (χ2n) is 5.48. The number of thiophene rings is 1. The third-order valence-electron chi connectivity index (χ3n) is 3.28. The summed E-state index contributed by atoms with van der Waals surface area (Å²) in [7, 11) is 0. The van der Waals surface area contributed by atoms with Gasteiger partial charge in [-0.1, -0.05) is 0 Å². The smallest absolute Gasteiger partial charge is 0.308 e. The van der Waals surface area contributed by atoms with E-state index in [1.54, 1.807) is 13.8 Å². The average molecular weight is 271 g/mol. The highest BCUT2D eigenvalue weighted by molar-refractivity contribution is 7.12. The van der Waals surface area contributed by atoms with Crippen molar-refractivity contribution in [3.05, 3.63) is 21.9 Å². The topological polar surface area (TPSA) is 69.6 Å². The number of carbonyl (C=O) groups is 1. The third kappa shape index (κ3) is 4.08. The van der Waals surface area contributed by atoms with Crippen molar-refractivity contribution < 1.29 is 15.0 Å². The van der Waals surface area contributed by atoms with E-state index in [2.05, 4.69) is 5.32 Å². The van der Waals surface area contributed by atoms with E-state index in [4.69, 9.17) is 5.11 Å². The van der Waals surface area contributed by atoms with Crippen molar-refractivity contribution in [1.29, 1.82) is 0 Å². The van der Waals surface area contributed by atoms with E-state index >= 15 is 0 Å². The van der Waals surface area contributed by atoms with E-state index in [1.807, 2.05) is 26.0 Å². The molecule has 3 N–H and O–H groups in total. The molecule has 1 aromatic rings. The highest BCUT2D eigenvalue weighted by atomic mass is 32.1. The Kier molecular flexibility index (Phi) is 4.53. The Morgan fingerprint density at radius 1 is 1.28 bits per heavy atom. The molecule has 0 atom stereocenters. The molecule has 102 valence electrons. The van der Waals surface area contributed by atoms with Crippen molar-refractivity contribution in [2.45, 2.75) is 51.8 Å². The summed E-state index contributed by atoms with van der Waals surface area (Å²) in [5.41, 5.74) is -1.24. The summed E-state index contributed by atoms with van der Waals surface area (Å²) in [6.45, 7) is 8.05. The van der Waals surface area contributed by atoms with Crippen molar-refractivity contribution >= 4 is 17.3 Å². The number of rotatable bonds is 6. The molecule has 1 rings (SSSR count). The van der Waals surface area contributed by atoms with Crippen LogP contribution < -0.4 is 5.32 Å². The molecule has 4 nitrogen and oxygen atoms in total. The SMILES string of the molecule is CC(C)(O)C(C)(C)NCc1ccc(CC(=O)O)s1. The van der Waals surface area contributed by atoms with E-state index in [-0.39, 0.29) is 6.42 Å². The largest absolute Gasteiger partial charge is 0.481 e. The maximum absolute atomic E-state index is 10.6. The lowest BCUT2D eigenvalue weighted by Crippen LogP contribution is -2.55. The molecule has 18 heavy (non-hydrogen) atoms. The van der Waals surface area contributed by atoms with Gasteiger partial charge in [-0.2, -0.15) is 0 Å². The van der Waals surface area contributed by atoms with Gasteiger partial charge in [-0.25, -0.2) is 0 Å². The second-order valence-corrected chi connectivity index (χ2v) is 6.73. The Morgan fingerprint density at radius 2 is 1.83 bits per heavy atom. The van der Waals surface area contributed by atoms with Crippen LogP contribution in [0.1, 0.15) is 37.4 Å². The van der Waals surface area contributed by atoms with Gasteiger partial charge in [-0.15, -0.1) is 11.3 Å². The van der Waals surface area contributed by atoms with Gasteiger partial charge >= 0.3 is 5.97 Å². The van der Waals surface area contributed by atoms with Gasteiger partial charge in [-0.3, -0.25) is 4.79 Å². The molecule has 5 heteroatoms. The minimum Gasteiger partial charge on any atom is -0.481 e. The Morgan fingerprint density at radius 3 is 2.33 bits per heavy atom. The average Bonchev–Trinajstić information content (AvgIpc) is 2.60. The fourth-order valence-electron chi connectivity index (χ4n) is 1.29. The molecule has 0 radical (unpaired) electrons. The first kappa shape index (κ1) is 15.1. The molecule has 0 bridgehead atoms. The molecular formula is C13H21NO3S. The molecule has 0 saturated carbocycles. The standard InChI is InChI=1S/C13H21NO3S/c1-12(2,13(3,4)17)14-8-10-6-5-9(18-10)7-11(15)16/h5-6,14,17H,7-8H2,1-4H3,(H,15,16). The van der Waals surface area contributed by atoms with Gasteiger partial charge in [0.05, 0.1) is 12.0 Å². The molecule has 0 aromatic carbocycles. The zero-order valence-electron chi connectivity index (χ0n) is 11.3. The minimum absolute atomic E-state index is 0.0690. The van der Waals surface area contributed by atoms with Crippen LogP contribution in [0.25, 0.3) is 0 Å². The summed E-state index contributed by atoms with van der Waals surface area (Å²) in [5, 5.41) is 22.0. The van der Waals surface area contributed by atoms with Crippen LogP contribution in [0.3, 0.4) is 0 Å². The summed E-state index contributed by atoms with van der Waals surface area (Å²) in [5.74, 6) is -0.812. The zero-order valence-corrected chi connectivity index (χ0v) is 12.1. The summed E-state index contributed by atoms with van der Waals surface area (Å²) in [6.07, 6.45) is 0.0690. The zero-order chi connectivity index (χ0) is 14.0. The summed E-state index contributed by atoms with van der Waals surface area (Å²) >= 11 is 1.49. The fourth-order valence-corrected chi connectivity index (χ4v) is 2.23. The second kappa shape index (κ2) is 5.38. The Balaban J connectivity index is 2.59. The van der Waals surface area contributed by atoms with Gasteiger partial charge in [-0.05, 0) is 39.8 Å². The Labute approximate surface area is 112 Å². The van der Waals surface area contributed by atoms with Crippen LogP contribution in [0.2, 0.25) is 0 Å². The monoisotopic (exact) mass is 271 g/mol. The molecular weight excluding hydrogens is 250 g/mol. The Bertz CT molecular complexity index is 418. The van der Waals surface area contributed by atoms with Crippen LogP contribution in [0.5, 0.6) is 0 Å². The lowest BCUT2D eigenvalue weighted by Gasteiger charge is -2.38. The first-order valence-electron chi connectivity index (χ1n) is 5.88. The van der Waals surface area contributed by atoms with Crippen LogP contribution in [0, 0.1) is 0 Å². The predicted octanol–water partition coefficient (Wildman–Crippen LogP) is 2.01. The highest BCUT2D eigenvalue weighted by Gasteiger charge is 2.34. The number of nitrogens with one attached hydrogen (secondary N) is 1. The summed E-state index contributed by atoms with van der Waals surface area (Å²) < 4.78 is 0. The van der Waals surface area contributed by atoms with E-state index < -0.39 is 17.1 Å². The lowest BCUT2D eigenvalue weighted by atomic mass is 9.86. The van der Waals surface area contributed by atoms with E-state index in [0.717, 1.165) is 9.75 Å². The number of aliphatic carboxylic acids is 1. The van der Waals surface area contributed by atoms with Crippen LogP contribution in [-0.4, -0.2) is 27.3 Å². The summed E-state index contributed by atoms with van der Waals surface area (Å²) in [4.78, 5) is 12.5. The lowest BCUT2D eigenvalue weighted by molar-refractivity contribution is -0.136. The van der Waals surface area contributed by atoms with Crippen molar-refractivity contribution in [1.82, 2.24) is 5.32 Å². The fraction of sp³-hybridized carbons (Fsp3) is 0.615. The first-order chi connectivity index (χ1) is 8.12. The van der Waals surface area contributed by atoms with Crippen molar-refractivity contribution in [3.63, 3.8) is 0 Å². The van der Waals surface area contributed by atoms with E-state index in [1.165, 1.54) is 11.3 Å². The predicted molar refractivity (Wildman–Crippen MR) is 72.9 cm³/mol. The first-order valence-corrected chi connectivity index (χ1v) is 6.70. The molecule has 1 heterocycles. The molecule has 0 aliphatic carbocycles. The molecule has 1 aromatic heterocycles. The van der Waals surface area contributed by atoms with E-state index in [9.17, 15) is 9.90 Å². The Hall–Kier alpha value is -0.910.